The number of benzene rings is 2. The van der Waals surface area contributed by atoms with Gasteiger partial charge >= 0.3 is 0 Å². The van der Waals surface area contributed by atoms with Crippen molar-refractivity contribution in [3.63, 3.8) is 0 Å². The van der Waals surface area contributed by atoms with Gasteiger partial charge in [0.05, 0.1) is 33.1 Å². The molecule has 142 valence electrons. The van der Waals surface area contributed by atoms with Crippen molar-refractivity contribution >= 4 is 27.5 Å². The minimum atomic E-state index is -0.148. The summed E-state index contributed by atoms with van der Waals surface area (Å²) in [6, 6.07) is 11.5. The fourth-order valence-corrected chi connectivity index (χ4v) is 3.43. The minimum Gasteiger partial charge on any atom is -0.493 e. The smallest absolute Gasteiger partial charge is 0.240 e. The summed E-state index contributed by atoms with van der Waals surface area (Å²) in [5.41, 5.74) is 2.65. The molecule has 3 rings (SSSR count). The molecule has 1 heterocycles. The molecule has 1 atom stereocenters. The van der Waals surface area contributed by atoms with E-state index >= 15 is 0 Å². The Morgan fingerprint density at radius 2 is 1.67 bits per heavy atom. The van der Waals surface area contributed by atoms with E-state index in [2.05, 4.69) is 21.0 Å². The fourth-order valence-electron chi connectivity index (χ4n) is 3.17. The molecule has 1 amide bonds. The third kappa shape index (κ3) is 3.78. The molecule has 6 nitrogen and oxygen atoms in total. The number of ether oxygens (including phenoxy) is 3. The Hall–Kier alpha value is -2.54. The second-order valence-corrected chi connectivity index (χ2v) is 7.01. The molecule has 1 unspecified atom stereocenters. The van der Waals surface area contributed by atoms with Gasteiger partial charge < -0.3 is 14.2 Å². The quantitative estimate of drug-likeness (QED) is 0.710. The van der Waals surface area contributed by atoms with E-state index < -0.39 is 0 Å². The van der Waals surface area contributed by atoms with Crippen LogP contribution in [0, 0.1) is 0 Å². The third-order valence-corrected chi connectivity index (χ3v) is 5.01. The highest BCUT2D eigenvalue weighted by molar-refractivity contribution is 9.10. The number of amides is 1. The molecule has 2 aromatic rings. The summed E-state index contributed by atoms with van der Waals surface area (Å²) < 4.78 is 17.2. The first kappa shape index (κ1) is 19.2. The van der Waals surface area contributed by atoms with E-state index in [1.807, 2.05) is 36.4 Å². The van der Waals surface area contributed by atoms with Crippen molar-refractivity contribution in [1.29, 1.82) is 0 Å². The van der Waals surface area contributed by atoms with Crippen molar-refractivity contribution < 1.29 is 19.0 Å². The Morgan fingerprint density at radius 3 is 2.15 bits per heavy atom. The molecule has 0 saturated heterocycles. The van der Waals surface area contributed by atoms with Crippen LogP contribution in [0.15, 0.2) is 46.0 Å². The zero-order valence-electron chi connectivity index (χ0n) is 15.7. The third-order valence-electron chi connectivity index (χ3n) is 4.49. The maximum absolute atomic E-state index is 12.2. The van der Waals surface area contributed by atoms with Gasteiger partial charge in [-0.1, -0.05) is 28.1 Å². The molecule has 7 heteroatoms. The van der Waals surface area contributed by atoms with Crippen LogP contribution in [0.4, 0.5) is 0 Å². The molecule has 1 aliphatic heterocycles. The average Bonchev–Trinajstić information content (AvgIpc) is 3.13. The summed E-state index contributed by atoms with van der Waals surface area (Å²) in [4.78, 5) is 12.2. The van der Waals surface area contributed by atoms with E-state index in [0.29, 0.717) is 23.7 Å². The molecule has 0 saturated carbocycles. The zero-order valence-corrected chi connectivity index (χ0v) is 17.2. The average molecular weight is 433 g/mol. The fraction of sp³-hybridized carbons (Fsp3) is 0.300. The first-order valence-corrected chi connectivity index (χ1v) is 9.21. The second kappa shape index (κ2) is 8.00. The van der Waals surface area contributed by atoms with Gasteiger partial charge in [0, 0.05) is 23.4 Å². The van der Waals surface area contributed by atoms with Crippen LogP contribution in [-0.2, 0) is 4.79 Å². The van der Waals surface area contributed by atoms with Crippen LogP contribution in [0.2, 0.25) is 0 Å². The molecule has 1 aliphatic rings. The van der Waals surface area contributed by atoms with Gasteiger partial charge in [-0.15, -0.1) is 0 Å². The van der Waals surface area contributed by atoms with E-state index in [9.17, 15) is 4.79 Å². The van der Waals surface area contributed by atoms with Crippen molar-refractivity contribution in [3.8, 4) is 17.2 Å². The topological polar surface area (TPSA) is 60.4 Å². The molecule has 0 bridgehead atoms. The molecule has 0 fully saturated rings. The van der Waals surface area contributed by atoms with E-state index in [1.165, 1.54) is 11.9 Å². The van der Waals surface area contributed by atoms with Gasteiger partial charge in [0.15, 0.2) is 11.5 Å². The number of hydrogen-bond donors (Lipinski definition) is 0. The molecule has 0 aliphatic carbocycles. The van der Waals surface area contributed by atoms with Crippen LogP contribution in [0.1, 0.15) is 30.5 Å². The number of methoxy groups -OCH3 is 3. The summed E-state index contributed by atoms with van der Waals surface area (Å²) in [5, 5.41) is 6.11. The van der Waals surface area contributed by atoms with Gasteiger partial charge in [-0.3, -0.25) is 4.79 Å². The van der Waals surface area contributed by atoms with Gasteiger partial charge in [0.2, 0.25) is 11.7 Å². The number of carbonyl (C=O) groups excluding carboxylic acids is 1. The van der Waals surface area contributed by atoms with Gasteiger partial charge in [0.25, 0.3) is 0 Å². The van der Waals surface area contributed by atoms with Gasteiger partial charge in [-0.25, -0.2) is 5.01 Å². The predicted molar refractivity (Wildman–Crippen MR) is 107 cm³/mol. The van der Waals surface area contributed by atoms with Crippen LogP contribution in [0.25, 0.3) is 0 Å². The lowest BCUT2D eigenvalue weighted by molar-refractivity contribution is -0.130. The lowest BCUT2D eigenvalue weighted by atomic mass is 9.98. The summed E-state index contributed by atoms with van der Waals surface area (Å²) in [5.74, 6) is 1.52. The molecule has 0 aromatic heterocycles. The van der Waals surface area contributed by atoms with E-state index in [-0.39, 0.29) is 11.9 Å². The standard InChI is InChI=1S/C20H21BrN2O4/c1-12(24)23-17(13-5-7-15(21)8-6-13)11-16(22-23)14-9-18(25-2)20(27-4)19(10-14)26-3/h5-10,17H,11H2,1-4H3. The van der Waals surface area contributed by atoms with Gasteiger partial charge in [-0.05, 0) is 29.8 Å². The lowest BCUT2D eigenvalue weighted by Crippen LogP contribution is -2.24. The lowest BCUT2D eigenvalue weighted by Gasteiger charge is -2.20. The molecule has 0 spiro atoms. The Labute approximate surface area is 166 Å². The Kier molecular flexibility index (Phi) is 5.70. The van der Waals surface area contributed by atoms with Crippen molar-refractivity contribution in [2.45, 2.75) is 19.4 Å². The summed E-state index contributed by atoms with van der Waals surface area (Å²) in [6.45, 7) is 1.52. The van der Waals surface area contributed by atoms with Crippen molar-refractivity contribution in [2.75, 3.05) is 21.3 Å². The molecule has 0 N–H and O–H groups in total. The minimum absolute atomic E-state index is 0.106. The summed E-state index contributed by atoms with van der Waals surface area (Å²) in [6.07, 6.45) is 0.597. The van der Waals surface area contributed by atoms with Gasteiger partial charge in [-0.2, -0.15) is 5.10 Å². The number of carbonyl (C=O) groups is 1. The Balaban J connectivity index is 2.01. The largest absolute Gasteiger partial charge is 0.493 e. The van der Waals surface area contributed by atoms with Crippen LogP contribution in [-0.4, -0.2) is 38.0 Å². The first-order valence-electron chi connectivity index (χ1n) is 8.41. The van der Waals surface area contributed by atoms with Crippen molar-refractivity contribution in [2.24, 2.45) is 5.10 Å². The molecule has 27 heavy (non-hydrogen) atoms. The summed E-state index contributed by atoms with van der Waals surface area (Å²) >= 11 is 3.44. The van der Waals surface area contributed by atoms with Gasteiger partial charge in [0.1, 0.15) is 0 Å². The van der Waals surface area contributed by atoms with E-state index in [1.54, 1.807) is 21.3 Å². The Bertz CT molecular complexity index is 855. The van der Waals surface area contributed by atoms with E-state index in [0.717, 1.165) is 21.3 Å². The molecule has 2 aromatic carbocycles. The van der Waals surface area contributed by atoms with Crippen molar-refractivity contribution in [3.05, 3.63) is 52.0 Å². The maximum Gasteiger partial charge on any atom is 0.240 e. The zero-order chi connectivity index (χ0) is 19.6. The molecule has 0 radical (unpaired) electrons. The highest BCUT2D eigenvalue weighted by atomic mass is 79.9. The van der Waals surface area contributed by atoms with Crippen LogP contribution in [0.5, 0.6) is 17.2 Å². The maximum atomic E-state index is 12.2. The van der Waals surface area contributed by atoms with E-state index in [4.69, 9.17) is 14.2 Å². The number of halogens is 1. The monoisotopic (exact) mass is 432 g/mol. The molecular weight excluding hydrogens is 412 g/mol. The highest BCUT2D eigenvalue weighted by Crippen LogP contribution is 2.40. The highest BCUT2D eigenvalue weighted by Gasteiger charge is 2.32. The van der Waals surface area contributed by atoms with Crippen LogP contribution >= 0.6 is 15.9 Å². The number of hydrogen-bond acceptors (Lipinski definition) is 5. The number of nitrogens with zero attached hydrogens (tertiary/aromatic N) is 2. The Morgan fingerprint density at radius 1 is 1.07 bits per heavy atom. The summed E-state index contributed by atoms with van der Waals surface area (Å²) in [7, 11) is 4.71. The SMILES string of the molecule is COc1cc(C2=NN(C(C)=O)C(c3ccc(Br)cc3)C2)cc(OC)c1OC. The predicted octanol–water partition coefficient (Wildman–Crippen LogP) is 4.17. The molecular formula is C20H21BrN2O4. The van der Waals surface area contributed by atoms with Crippen molar-refractivity contribution in [1.82, 2.24) is 5.01 Å². The second-order valence-electron chi connectivity index (χ2n) is 6.10. The van der Waals surface area contributed by atoms with Crippen LogP contribution in [0.3, 0.4) is 0 Å². The van der Waals surface area contributed by atoms with Crippen LogP contribution < -0.4 is 14.2 Å². The first-order chi connectivity index (χ1) is 13.0. The number of hydrazone groups is 1. The normalized spacial score (nSPS) is 16.1. The number of rotatable bonds is 5.